The molecule has 0 bridgehead atoms. The van der Waals surface area contributed by atoms with E-state index in [1.165, 1.54) is 6.07 Å². The number of hydrogen-bond donors (Lipinski definition) is 1. The van der Waals surface area contributed by atoms with Crippen LogP contribution < -0.4 is 5.32 Å². The van der Waals surface area contributed by atoms with Gasteiger partial charge in [-0.25, -0.2) is 4.39 Å². The van der Waals surface area contributed by atoms with Crippen LogP contribution in [0.3, 0.4) is 0 Å². The Hall–Kier alpha value is -1.38. The first-order valence-electron chi connectivity index (χ1n) is 6.37. The van der Waals surface area contributed by atoms with Gasteiger partial charge in [0.05, 0.1) is 6.04 Å². The number of benzene rings is 2. The molecule has 1 nitrogen and oxygen atoms in total. The van der Waals surface area contributed by atoms with E-state index in [-0.39, 0.29) is 11.9 Å². The molecule has 0 spiro atoms. The zero-order valence-electron chi connectivity index (χ0n) is 11.1. The van der Waals surface area contributed by atoms with Crippen molar-refractivity contribution in [3.8, 4) is 0 Å². The van der Waals surface area contributed by atoms with Gasteiger partial charge in [0.15, 0.2) is 0 Å². The van der Waals surface area contributed by atoms with Crippen molar-refractivity contribution in [3.63, 3.8) is 0 Å². The van der Waals surface area contributed by atoms with Gasteiger partial charge in [-0.15, -0.1) is 0 Å². The van der Waals surface area contributed by atoms with E-state index < -0.39 is 0 Å². The summed E-state index contributed by atoms with van der Waals surface area (Å²) in [6, 6.07) is 12.5. The zero-order valence-corrected chi connectivity index (χ0v) is 11.8. The summed E-state index contributed by atoms with van der Waals surface area (Å²) in [4.78, 5) is 0. The fourth-order valence-electron chi connectivity index (χ4n) is 2.19. The monoisotopic (exact) mass is 277 g/mol. The van der Waals surface area contributed by atoms with Crippen LogP contribution in [0.2, 0.25) is 5.02 Å². The number of rotatable bonds is 4. The lowest BCUT2D eigenvalue weighted by molar-refractivity contribution is 0.558. The molecule has 0 heterocycles. The minimum atomic E-state index is -0.224. The molecule has 2 rings (SSSR count). The Kier molecular flexibility index (Phi) is 4.56. The fourth-order valence-corrected chi connectivity index (χ4v) is 2.43. The van der Waals surface area contributed by atoms with Crippen molar-refractivity contribution in [1.29, 1.82) is 0 Å². The van der Waals surface area contributed by atoms with Crippen molar-refractivity contribution in [2.45, 2.75) is 19.9 Å². The van der Waals surface area contributed by atoms with E-state index in [2.05, 4.69) is 5.32 Å². The van der Waals surface area contributed by atoms with Crippen LogP contribution in [0.1, 0.15) is 29.7 Å². The normalized spacial score (nSPS) is 12.4. The van der Waals surface area contributed by atoms with Gasteiger partial charge < -0.3 is 5.32 Å². The summed E-state index contributed by atoms with van der Waals surface area (Å²) < 4.78 is 14.1. The topological polar surface area (TPSA) is 12.0 Å². The van der Waals surface area contributed by atoms with E-state index in [9.17, 15) is 4.39 Å². The molecule has 0 aromatic heterocycles. The molecule has 0 amide bonds. The van der Waals surface area contributed by atoms with E-state index in [0.717, 1.165) is 17.7 Å². The number of hydrogen-bond acceptors (Lipinski definition) is 1. The Bertz CT molecular complexity index is 568. The molecule has 0 aliphatic heterocycles. The third-order valence-corrected chi connectivity index (χ3v) is 3.43. The quantitative estimate of drug-likeness (QED) is 0.868. The lowest BCUT2D eigenvalue weighted by Crippen LogP contribution is -2.23. The molecular formula is C16H17ClFN. The van der Waals surface area contributed by atoms with Crippen molar-refractivity contribution in [3.05, 3.63) is 70.0 Å². The predicted octanol–water partition coefficient (Wildman–Crippen LogP) is 4.49. The van der Waals surface area contributed by atoms with Crippen molar-refractivity contribution >= 4 is 11.6 Å². The predicted molar refractivity (Wildman–Crippen MR) is 78.1 cm³/mol. The highest BCUT2D eigenvalue weighted by atomic mass is 35.5. The first kappa shape index (κ1) is 14.0. The molecular weight excluding hydrogens is 261 g/mol. The Balaban J connectivity index is 2.51. The van der Waals surface area contributed by atoms with Gasteiger partial charge in [-0.3, -0.25) is 0 Å². The van der Waals surface area contributed by atoms with Crippen LogP contribution in [0.5, 0.6) is 0 Å². The molecule has 2 aromatic carbocycles. The smallest absolute Gasteiger partial charge is 0.128 e. The summed E-state index contributed by atoms with van der Waals surface area (Å²) in [7, 11) is 0. The second kappa shape index (κ2) is 6.18. The summed E-state index contributed by atoms with van der Waals surface area (Å²) in [5, 5.41) is 3.95. The molecule has 0 saturated heterocycles. The Morgan fingerprint density at radius 1 is 1.16 bits per heavy atom. The highest BCUT2D eigenvalue weighted by molar-refractivity contribution is 6.31. The maximum absolute atomic E-state index is 14.1. The highest BCUT2D eigenvalue weighted by Gasteiger charge is 2.19. The molecule has 1 atom stereocenters. The van der Waals surface area contributed by atoms with Gasteiger partial charge in [0.25, 0.3) is 0 Å². The van der Waals surface area contributed by atoms with E-state index in [1.54, 1.807) is 6.07 Å². The fraction of sp³-hybridized carbons (Fsp3) is 0.250. The molecule has 100 valence electrons. The standard InChI is InChI=1S/C16H17ClFN/c1-3-19-16(12-6-4-5-7-14(12)17)13-10-11(2)8-9-15(13)18/h4-10,16,19H,3H2,1-2H3. The van der Waals surface area contributed by atoms with Gasteiger partial charge in [0, 0.05) is 10.6 Å². The second-order valence-corrected chi connectivity index (χ2v) is 4.94. The van der Waals surface area contributed by atoms with Crippen LogP contribution in [0.4, 0.5) is 4.39 Å². The van der Waals surface area contributed by atoms with Crippen LogP contribution in [-0.4, -0.2) is 6.54 Å². The molecule has 3 heteroatoms. The SMILES string of the molecule is CCNC(c1cc(C)ccc1F)c1ccccc1Cl. The second-order valence-electron chi connectivity index (χ2n) is 4.54. The Morgan fingerprint density at radius 3 is 2.58 bits per heavy atom. The van der Waals surface area contributed by atoms with E-state index >= 15 is 0 Å². The van der Waals surface area contributed by atoms with Gasteiger partial charge in [0.1, 0.15) is 5.82 Å². The van der Waals surface area contributed by atoms with E-state index in [4.69, 9.17) is 11.6 Å². The van der Waals surface area contributed by atoms with Crippen LogP contribution >= 0.6 is 11.6 Å². The summed E-state index contributed by atoms with van der Waals surface area (Å²) in [5.74, 6) is -0.212. The summed E-state index contributed by atoms with van der Waals surface area (Å²) >= 11 is 6.23. The van der Waals surface area contributed by atoms with Gasteiger partial charge in [-0.2, -0.15) is 0 Å². The van der Waals surface area contributed by atoms with Crippen molar-refractivity contribution < 1.29 is 4.39 Å². The van der Waals surface area contributed by atoms with Crippen molar-refractivity contribution in [2.24, 2.45) is 0 Å². The minimum absolute atomic E-state index is 0.212. The highest BCUT2D eigenvalue weighted by Crippen LogP contribution is 2.30. The van der Waals surface area contributed by atoms with Gasteiger partial charge in [-0.05, 0) is 31.2 Å². The average Bonchev–Trinajstić information content (AvgIpc) is 2.40. The van der Waals surface area contributed by atoms with Crippen LogP contribution in [0.15, 0.2) is 42.5 Å². The largest absolute Gasteiger partial charge is 0.306 e. The lowest BCUT2D eigenvalue weighted by atomic mass is 9.96. The van der Waals surface area contributed by atoms with Gasteiger partial charge in [-0.1, -0.05) is 54.4 Å². The zero-order chi connectivity index (χ0) is 13.8. The number of aryl methyl sites for hydroxylation is 1. The molecule has 0 aliphatic carbocycles. The number of halogens is 2. The van der Waals surface area contributed by atoms with Gasteiger partial charge in [0.2, 0.25) is 0 Å². The maximum Gasteiger partial charge on any atom is 0.128 e. The Labute approximate surface area is 118 Å². The van der Waals surface area contributed by atoms with Crippen molar-refractivity contribution in [2.75, 3.05) is 6.54 Å². The molecule has 1 N–H and O–H groups in total. The molecule has 0 fully saturated rings. The summed E-state index contributed by atoms with van der Waals surface area (Å²) in [5.41, 5.74) is 2.57. The summed E-state index contributed by atoms with van der Waals surface area (Å²) in [6.07, 6.45) is 0. The molecule has 0 aliphatic rings. The molecule has 19 heavy (non-hydrogen) atoms. The maximum atomic E-state index is 14.1. The number of nitrogens with one attached hydrogen (secondary N) is 1. The molecule has 1 unspecified atom stereocenters. The van der Waals surface area contributed by atoms with E-state index in [1.807, 2.05) is 44.2 Å². The third kappa shape index (κ3) is 3.14. The lowest BCUT2D eigenvalue weighted by Gasteiger charge is -2.21. The minimum Gasteiger partial charge on any atom is -0.306 e. The van der Waals surface area contributed by atoms with E-state index in [0.29, 0.717) is 10.6 Å². The molecule has 0 saturated carbocycles. The van der Waals surface area contributed by atoms with Gasteiger partial charge >= 0.3 is 0 Å². The average molecular weight is 278 g/mol. The Morgan fingerprint density at radius 2 is 1.89 bits per heavy atom. The summed E-state index contributed by atoms with van der Waals surface area (Å²) in [6.45, 7) is 4.69. The van der Waals surface area contributed by atoms with Crippen LogP contribution in [-0.2, 0) is 0 Å². The van der Waals surface area contributed by atoms with Crippen molar-refractivity contribution in [1.82, 2.24) is 5.32 Å². The first-order chi connectivity index (χ1) is 9.13. The first-order valence-corrected chi connectivity index (χ1v) is 6.75. The third-order valence-electron chi connectivity index (χ3n) is 3.09. The van der Waals surface area contributed by atoms with Crippen LogP contribution in [0.25, 0.3) is 0 Å². The van der Waals surface area contributed by atoms with Crippen LogP contribution in [0, 0.1) is 12.7 Å². The molecule has 0 radical (unpaired) electrons. The molecule has 2 aromatic rings.